The molecule has 2 aliphatic rings. The molecule has 2 bridgehead atoms. The summed E-state index contributed by atoms with van der Waals surface area (Å²) in [7, 11) is 0. The Bertz CT molecular complexity index is 417. The van der Waals surface area contributed by atoms with Crippen molar-refractivity contribution in [1.29, 1.82) is 0 Å². The smallest absolute Gasteiger partial charge is 0.256 e. The summed E-state index contributed by atoms with van der Waals surface area (Å²) in [5, 5.41) is 3.00. The highest BCUT2D eigenvalue weighted by Crippen LogP contribution is 2.34. The number of furan rings is 1. The van der Waals surface area contributed by atoms with Crippen molar-refractivity contribution in [2.24, 2.45) is 0 Å². The van der Waals surface area contributed by atoms with Gasteiger partial charge in [-0.2, -0.15) is 0 Å². The summed E-state index contributed by atoms with van der Waals surface area (Å²) in [6, 6.07) is 1.82. The normalized spacial score (nSPS) is 31.9. The Morgan fingerprint density at radius 3 is 2.94 bits per heavy atom. The zero-order valence-electron chi connectivity index (χ0n) is 8.61. The van der Waals surface area contributed by atoms with Crippen molar-refractivity contribution >= 4 is 21.8 Å². The van der Waals surface area contributed by atoms with Crippen molar-refractivity contribution in [2.75, 3.05) is 0 Å². The molecule has 86 valence electrons. The van der Waals surface area contributed by atoms with E-state index in [9.17, 15) is 4.79 Å². The van der Waals surface area contributed by atoms with E-state index in [-0.39, 0.29) is 18.1 Å². The molecular formula is C11H12BrNO3. The Morgan fingerprint density at radius 1 is 1.50 bits per heavy atom. The average molecular weight is 286 g/mol. The second-order valence-electron chi connectivity index (χ2n) is 4.30. The number of amides is 1. The second kappa shape index (κ2) is 3.89. The van der Waals surface area contributed by atoms with Crippen LogP contribution in [0.1, 0.15) is 29.6 Å². The number of carbonyl (C=O) groups excluding carboxylic acids is 1. The zero-order chi connectivity index (χ0) is 11.1. The maximum Gasteiger partial charge on any atom is 0.256 e. The van der Waals surface area contributed by atoms with Crippen LogP contribution in [0.5, 0.6) is 0 Å². The third-order valence-corrected chi connectivity index (χ3v) is 3.90. The minimum Gasteiger partial charge on any atom is -0.457 e. The molecule has 1 amide bonds. The Balaban J connectivity index is 1.67. The van der Waals surface area contributed by atoms with Crippen molar-refractivity contribution in [3.8, 4) is 0 Å². The van der Waals surface area contributed by atoms with E-state index in [0.29, 0.717) is 16.3 Å². The molecule has 0 saturated carbocycles. The molecule has 0 radical (unpaired) electrons. The molecule has 0 aliphatic carbocycles. The van der Waals surface area contributed by atoms with Crippen LogP contribution in [0.3, 0.4) is 0 Å². The Morgan fingerprint density at radius 2 is 2.38 bits per heavy atom. The van der Waals surface area contributed by atoms with E-state index in [1.807, 2.05) is 0 Å². The van der Waals surface area contributed by atoms with Gasteiger partial charge in [-0.3, -0.25) is 4.79 Å². The van der Waals surface area contributed by atoms with E-state index in [0.717, 1.165) is 19.3 Å². The van der Waals surface area contributed by atoms with Gasteiger partial charge in [0.15, 0.2) is 4.67 Å². The van der Waals surface area contributed by atoms with Crippen LogP contribution >= 0.6 is 15.9 Å². The van der Waals surface area contributed by atoms with Crippen LogP contribution in [-0.2, 0) is 4.74 Å². The molecule has 3 atom stereocenters. The lowest BCUT2D eigenvalue weighted by molar-refractivity contribution is 0.0839. The molecule has 0 spiro atoms. The molecule has 0 aromatic carbocycles. The number of fused-ring (bicyclic) bond motifs is 2. The first-order valence-corrected chi connectivity index (χ1v) is 6.22. The number of hydrogen-bond donors (Lipinski definition) is 1. The first kappa shape index (κ1) is 10.4. The van der Waals surface area contributed by atoms with E-state index >= 15 is 0 Å². The number of ether oxygens (including phenoxy) is 1. The molecule has 1 N–H and O–H groups in total. The predicted molar refractivity (Wildman–Crippen MR) is 60.2 cm³/mol. The molecule has 2 aliphatic heterocycles. The summed E-state index contributed by atoms with van der Waals surface area (Å²) in [6.07, 6.45) is 5.18. The Labute approximate surface area is 101 Å². The lowest BCUT2D eigenvalue weighted by Crippen LogP contribution is -2.41. The van der Waals surface area contributed by atoms with Gasteiger partial charge in [0.1, 0.15) is 0 Å². The van der Waals surface area contributed by atoms with Crippen LogP contribution < -0.4 is 5.32 Å². The standard InChI is InChI=1S/C11H12BrNO3/c12-10-7(3-4-15-10)11(14)13-8-5-6-1-2-9(8)16-6/h3-4,6,8-9H,1-2,5H2,(H,13,14). The molecule has 1 aromatic rings. The van der Waals surface area contributed by atoms with Crippen LogP contribution in [0.15, 0.2) is 21.4 Å². The summed E-state index contributed by atoms with van der Waals surface area (Å²) in [5.74, 6) is -0.0956. The molecule has 3 unspecified atom stereocenters. The van der Waals surface area contributed by atoms with Gasteiger partial charge >= 0.3 is 0 Å². The molecule has 1 aromatic heterocycles. The van der Waals surface area contributed by atoms with Crippen molar-refractivity contribution in [1.82, 2.24) is 5.32 Å². The first-order valence-electron chi connectivity index (χ1n) is 5.43. The topological polar surface area (TPSA) is 51.5 Å². The van der Waals surface area contributed by atoms with E-state index in [1.165, 1.54) is 6.26 Å². The Kier molecular flexibility index (Phi) is 2.52. The summed E-state index contributed by atoms with van der Waals surface area (Å²) in [6.45, 7) is 0. The highest BCUT2D eigenvalue weighted by molar-refractivity contribution is 9.10. The van der Waals surface area contributed by atoms with Crippen molar-refractivity contribution in [2.45, 2.75) is 37.5 Å². The molecule has 16 heavy (non-hydrogen) atoms. The molecule has 3 rings (SSSR count). The largest absolute Gasteiger partial charge is 0.457 e. The summed E-state index contributed by atoms with van der Waals surface area (Å²) in [5.41, 5.74) is 0.544. The lowest BCUT2D eigenvalue weighted by Gasteiger charge is -2.19. The SMILES string of the molecule is O=C(NC1CC2CCC1O2)c1ccoc1Br. The highest BCUT2D eigenvalue weighted by Gasteiger charge is 2.41. The summed E-state index contributed by atoms with van der Waals surface area (Å²) < 4.78 is 11.2. The Hall–Kier alpha value is -0.810. The van der Waals surface area contributed by atoms with Gasteiger partial charge in [0.05, 0.1) is 30.1 Å². The van der Waals surface area contributed by atoms with Gasteiger partial charge in [0.2, 0.25) is 0 Å². The fraction of sp³-hybridized carbons (Fsp3) is 0.545. The second-order valence-corrected chi connectivity index (χ2v) is 5.02. The van der Waals surface area contributed by atoms with E-state index < -0.39 is 0 Å². The minimum atomic E-state index is -0.0956. The maximum absolute atomic E-state index is 11.9. The van der Waals surface area contributed by atoms with Crippen molar-refractivity contribution < 1.29 is 13.9 Å². The van der Waals surface area contributed by atoms with E-state index in [1.54, 1.807) is 6.07 Å². The van der Waals surface area contributed by atoms with Gasteiger partial charge in [0.25, 0.3) is 5.91 Å². The summed E-state index contributed by atoms with van der Waals surface area (Å²) in [4.78, 5) is 11.9. The molecule has 3 heterocycles. The van der Waals surface area contributed by atoms with E-state index in [4.69, 9.17) is 9.15 Å². The first-order chi connectivity index (χ1) is 7.74. The number of nitrogens with one attached hydrogen (secondary N) is 1. The molecular weight excluding hydrogens is 274 g/mol. The van der Waals surface area contributed by atoms with Crippen LogP contribution in [0, 0.1) is 0 Å². The molecule has 2 saturated heterocycles. The third-order valence-electron chi connectivity index (χ3n) is 3.29. The molecule has 5 heteroatoms. The fourth-order valence-corrected chi connectivity index (χ4v) is 2.91. The summed E-state index contributed by atoms with van der Waals surface area (Å²) >= 11 is 3.20. The van der Waals surface area contributed by atoms with Crippen LogP contribution in [0.4, 0.5) is 0 Å². The average Bonchev–Trinajstić information content (AvgIpc) is 2.92. The van der Waals surface area contributed by atoms with Crippen LogP contribution in [0.2, 0.25) is 0 Å². The monoisotopic (exact) mass is 285 g/mol. The maximum atomic E-state index is 11.9. The quantitative estimate of drug-likeness (QED) is 0.905. The van der Waals surface area contributed by atoms with Gasteiger partial charge in [0, 0.05) is 0 Å². The minimum absolute atomic E-state index is 0.0956. The molecule has 2 fully saturated rings. The van der Waals surface area contributed by atoms with Crippen LogP contribution in [0.25, 0.3) is 0 Å². The molecule has 4 nitrogen and oxygen atoms in total. The van der Waals surface area contributed by atoms with Gasteiger partial charge in [-0.05, 0) is 41.3 Å². The lowest BCUT2D eigenvalue weighted by atomic mass is 9.95. The van der Waals surface area contributed by atoms with Gasteiger partial charge in [-0.1, -0.05) is 0 Å². The third kappa shape index (κ3) is 1.68. The highest BCUT2D eigenvalue weighted by atomic mass is 79.9. The number of halogens is 1. The van der Waals surface area contributed by atoms with Crippen molar-refractivity contribution in [3.63, 3.8) is 0 Å². The fourth-order valence-electron chi connectivity index (χ4n) is 2.49. The van der Waals surface area contributed by atoms with E-state index in [2.05, 4.69) is 21.2 Å². The number of carbonyl (C=O) groups is 1. The predicted octanol–water partition coefficient (Wildman–Crippen LogP) is 2.09. The van der Waals surface area contributed by atoms with Gasteiger partial charge in [-0.15, -0.1) is 0 Å². The van der Waals surface area contributed by atoms with Crippen LogP contribution in [-0.4, -0.2) is 24.2 Å². The van der Waals surface area contributed by atoms with Gasteiger partial charge < -0.3 is 14.5 Å². The zero-order valence-corrected chi connectivity index (χ0v) is 10.2. The number of hydrogen-bond acceptors (Lipinski definition) is 3. The van der Waals surface area contributed by atoms with Gasteiger partial charge in [-0.25, -0.2) is 0 Å². The number of rotatable bonds is 2. The van der Waals surface area contributed by atoms with Crippen molar-refractivity contribution in [3.05, 3.63) is 22.6 Å².